The van der Waals surface area contributed by atoms with Crippen LogP contribution < -0.4 is 0 Å². The number of fused-ring (bicyclic) bond motifs is 1. The van der Waals surface area contributed by atoms with Gasteiger partial charge >= 0.3 is 11.9 Å². The van der Waals surface area contributed by atoms with Gasteiger partial charge in [0.25, 0.3) is 0 Å². The van der Waals surface area contributed by atoms with E-state index in [-0.39, 0.29) is 13.2 Å². The number of carbonyl (C=O) groups excluding carboxylic acids is 2. The summed E-state index contributed by atoms with van der Waals surface area (Å²) in [4.78, 5) is 29.3. The Kier molecular flexibility index (Phi) is 7.53. The molecule has 2 rings (SSSR count). The van der Waals surface area contributed by atoms with Gasteiger partial charge in [0.2, 0.25) is 0 Å². The fourth-order valence-corrected chi connectivity index (χ4v) is 2.89. The van der Waals surface area contributed by atoms with E-state index in [1.165, 1.54) is 0 Å². The maximum absolute atomic E-state index is 12.4. The number of esters is 2. The first-order chi connectivity index (χ1) is 12.6. The minimum atomic E-state index is -1.14. The lowest BCUT2D eigenvalue weighted by Crippen LogP contribution is -2.40. The van der Waals surface area contributed by atoms with Gasteiger partial charge in [-0.05, 0) is 32.2 Å². The van der Waals surface area contributed by atoms with Gasteiger partial charge in [-0.1, -0.05) is 24.3 Å². The Labute approximate surface area is 153 Å². The van der Waals surface area contributed by atoms with Crippen molar-refractivity contribution in [1.82, 2.24) is 4.98 Å². The van der Waals surface area contributed by atoms with E-state index in [2.05, 4.69) is 4.98 Å². The number of hydrogen-bond acceptors (Lipinski definition) is 6. The van der Waals surface area contributed by atoms with Crippen molar-refractivity contribution in [3.05, 3.63) is 42.2 Å². The Morgan fingerprint density at radius 3 is 2.23 bits per heavy atom. The Bertz CT molecular complexity index is 723. The summed E-state index contributed by atoms with van der Waals surface area (Å²) in [5.41, 5.74) is 0.764. The summed E-state index contributed by atoms with van der Waals surface area (Å²) >= 11 is 0. The van der Waals surface area contributed by atoms with Crippen molar-refractivity contribution < 1.29 is 23.8 Å². The molecule has 0 spiro atoms. The van der Waals surface area contributed by atoms with E-state index in [0.717, 1.165) is 16.5 Å². The van der Waals surface area contributed by atoms with Crippen molar-refractivity contribution in [2.24, 2.45) is 5.92 Å². The molecule has 140 valence electrons. The molecule has 1 atom stereocenters. The van der Waals surface area contributed by atoms with E-state index < -0.39 is 24.0 Å². The summed E-state index contributed by atoms with van der Waals surface area (Å²) in [6.07, 6.45) is 1.30. The number of hydrogen-bond donors (Lipinski definition) is 0. The fraction of sp³-hybridized carbons (Fsp3) is 0.450. The molecular formula is C20H25NO5. The second kappa shape index (κ2) is 9.87. The van der Waals surface area contributed by atoms with Crippen LogP contribution >= 0.6 is 0 Å². The third-order valence-corrected chi connectivity index (χ3v) is 3.98. The standard InChI is InChI=1S/C20H25NO5/c1-4-24-17(18(19(22)25-5-2)20(23)26-6-3)13-16-15-10-8-7-9-14(15)11-12-21-16/h7-12,17-18H,4-6,13H2,1-3H3. The molecule has 26 heavy (non-hydrogen) atoms. The number of benzene rings is 1. The second-order valence-corrected chi connectivity index (χ2v) is 5.66. The molecule has 0 amide bonds. The molecule has 0 saturated carbocycles. The summed E-state index contributed by atoms with van der Waals surface area (Å²) in [5.74, 6) is -2.41. The number of ether oxygens (including phenoxy) is 3. The van der Waals surface area contributed by atoms with Gasteiger partial charge in [-0.25, -0.2) is 0 Å². The molecule has 0 fully saturated rings. The maximum atomic E-state index is 12.4. The zero-order valence-corrected chi connectivity index (χ0v) is 15.4. The highest BCUT2D eigenvalue weighted by Gasteiger charge is 2.38. The summed E-state index contributed by atoms with van der Waals surface area (Å²) in [6, 6.07) is 9.75. The summed E-state index contributed by atoms with van der Waals surface area (Å²) in [5, 5.41) is 2.00. The monoisotopic (exact) mass is 359 g/mol. The van der Waals surface area contributed by atoms with E-state index in [4.69, 9.17) is 14.2 Å². The first-order valence-corrected chi connectivity index (χ1v) is 8.89. The largest absolute Gasteiger partial charge is 0.465 e. The molecule has 1 aromatic carbocycles. The van der Waals surface area contributed by atoms with Crippen molar-refractivity contribution in [2.75, 3.05) is 19.8 Å². The van der Waals surface area contributed by atoms with Crippen LogP contribution in [0.3, 0.4) is 0 Å². The predicted octanol–water partition coefficient (Wildman–Crippen LogP) is 2.92. The average molecular weight is 359 g/mol. The van der Waals surface area contributed by atoms with E-state index >= 15 is 0 Å². The Hall–Kier alpha value is -2.47. The molecule has 0 saturated heterocycles. The lowest BCUT2D eigenvalue weighted by Gasteiger charge is -2.24. The van der Waals surface area contributed by atoms with Crippen molar-refractivity contribution >= 4 is 22.7 Å². The van der Waals surface area contributed by atoms with E-state index in [0.29, 0.717) is 13.0 Å². The molecule has 6 heteroatoms. The highest BCUT2D eigenvalue weighted by Crippen LogP contribution is 2.22. The van der Waals surface area contributed by atoms with E-state index in [1.54, 1.807) is 20.0 Å². The number of rotatable bonds is 9. The van der Waals surface area contributed by atoms with Crippen molar-refractivity contribution in [1.29, 1.82) is 0 Å². The fourth-order valence-electron chi connectivity index (χ4n) is 2.89. The minimum absolute atomic E-state index is 0.181. The van der Waals surface area contributed by atoms with Gasteiger partial charge < -0.3 is 14.2 Å². The van der Waals surface area contributed by atoms with Crippen LogP contribution in [0.25, 0.3) is 10.8 Å². The molecule has 0 aliphatic carbocycles. The highest BCUT2D eigenvalue weighted by molar-refractivity contribution is 5.96. The Morgan fingerprint density at radius 2 is 1.62 bits per heavy atom. The number of aromatic nitrogens is 1. The molecule has 1 heterocycles. The third kappa shape index (κ3) is 4.79. The zero-order chi connectivity index (χ0) is 18.9. The third-order valence-electron chi connectivity index (χ3n) is 3.98. The first kappa shape index (κ1) is 19.8. The van der Waals surface area contributed by atoms with Crippen LogP contribution in [0, 0.1) is 5.92 Å². The van der Waals surface area contributed by atoms with E-state index in [9.17, 15) is 9.59 Å². The number of carbonyl (C=O) groups is 2. The van der Waals surface area contributed by atoms with Gasteiger partial charge in [0.1, 0.15) is 0 Å². The van der Waals surface area contributed by atoms with Gasteiger partial charge in [-0.3, -0.25) is 14.6 Å². The molecule has 0 N–H and O–H groups in total. The molecule has 0 aliphatic rings. The van der Waals surface area contributed by atoms with E-state index in [1.807, 2.05) is 37.3 Å². The number of pyridine rings is 1. The van der Waals surface area contributed by atoms with Crippen molar-refractivity contribution in [2.45, 2.75) is 33.3 Å². The minimum Gasteiger partial charge on any atom is -0.465 e. The Morgan fingerprint density at radius 1 is 0.962 bits per heavy atom. The molecule has 0 aliphatic heterocycles. The van der Waals surface area contributed by atoms with Crippen LogP contribution in [0.5, 0.6) is 0 Å². The summed E-state index contributed by atoms with van der Waals surface area (Å²) in [7, 11) is 0. The quantitative estimate of drug-likeness (QED) is 0.506. The maximum Gasteiger partial charge on any atom is 0.323 e. The summed E-state index contributed by atoms with van der Waals surface area (Å²) in [6.45, 7) is 5.92. The highest BCUT2D eigenvalue weighted by atomic mass is 16.6. The first-order valence-electron chi connectivity index (χ1n) is 8.89. The zero-order valence-electron chi connectivity index (χ0n) is 15.4. The lowest BCUT2D eigenvalue weighted by atomic mass is 9.96. The molecule has 1 unspecified atom stereocenters. The van der Waals surface area contributed by atoms with Crippen molar-refractivity contribution in [3.63, 3.8) is 0 Å². The number of nitrogens with zero attached hydrogens (tertiary/aromatic N) is 1. The van der Waals surface area contributed by atoms with Crippen LogP contribution in [0.1, 0.15) is 26.5 Å². The topological polar surface area (TPSA) is 74.7 Å². The normalized spacial score (nSPS) is 12.2. The molecule has 1 aromatic heterocycles. The van der Waals surface area contributed by atoms with Gasteiger partial charge in [-0.15, -0.1) is 0 Å². The van der Waals surface area contributed by atoms with Gasteiger partial charge in [0.05, 0.1) is 25.0 Å². The lowest BCUT2D eigenvalue weighted by molar-refractivity contribution is -0.169. The van der Waals surface area contributed by atoms with Gasteiger partial charge in [0.15, 0.2) is 5.92 Å². The molecular weight excluding hydrogens is 334 g/mol. The van der Waals surface area contributed by atoms with Crippen LogP contribution in [0.15, 0.2) is 36.5 Å². The van der Waals surface area contributed by atoms with Crippen LogP contribution in [0.2, 0.25) is 0 Å². The average Bonchev–Trinajstić information content (AvgIpc) is 2.63. The summed E-state index contributed by atoms with van der Waals surface area (Å²) < 4.78 is 15.9. The second-order valence-electron chi connectivity index (χ2n) is 5.66. The smallest absolute Gasteiger partial charge is 0.323 e. The van der Waals surface area contributed by atoms with Crippen molar-refractivity contribution in [3.8, 4) is 0 Å². The Balaban J connectivity index is 2.37. The molecule has 6 nitrogen and oxygen atoms in total. The van der Waals surface area contributed by atoms with Gasteiger partial charge in [-0.2, -0.15) is 0 Å². The molecule has 0 radical (unpaired) electrons. The van der Waals surface area contributed by atoms with Crippen LogP contribution in [0.4, 0.5) is 0 Å². The molecule has 2 aromatic rings. The van der Waals surface area contributed by atoms with Gasteiger partial charge in [0, 0.05) is 24.6 Å². The SMILES string of the molecule is CCOC(=O)C(C(=O)OCC)C(Cc1nccc2ccccc12)OCC. The van der Waals surface area contributed by atoms with Crippen LogP contribution in [-0.4, -0.2) is 42.8 Å². The molecule has 0 bridgehead atoms. The predicted molar refractivity (Wildman–Crippen MR) is 97.6 cm³/mol. The van der Waals surface area contributed by atoms with Crippen LogP contribution in [-0.2, 0) is 30.2 Å².